The van der Waals surface area contributed by atoms with Crippen molar-refractivity contribution in [1.29, 1.82) is 0 Å². The van der Waals surface area contributed by atoms with Crippen molar-refractivity contribution in [2.75, 3.05) is 0 Å². The molecule has 0 bridgehead atoms. The molecule has 0 saturated carbocycles. The van der Waals surface area contributed by atoms with Crippen molar-refractivity contribution in [2.45, 2.75) is 11.4 Å². The minimum absolute atomic E-state index is 0.0764. The second-order valence-corrected chi connectivity index (χ2v) is 4.63. The number of carbonyl (C=O) groups excluding carboxylic acids is 1. The van der Waals surface area contributed by atoms with Crippen LogP contribution in [0.2, 0.25) is 4.44 Å². The van der Waals surface area contributed by atoms with Gasteiger partial charge in [-0.05, 0) is 19.1 Å². The van der Waals surface area contributed by atoms with E-state index in [0.717, 1.165) is 10.9 Å². The molecule has 0 amide bonds. The molecule has 0 N–H and O–H groups in total. The van der Waals surface area contributed by atoms with E-state index in [1.54, 1.807) is 35.6 Å². The van der Waals surface area contributed by atoms with Crippen LogP contribution in [-0.2, 0) is 0 Å². The summed E-state index contributed by atoms with van der Waals surface area (Å²) in [5.74, 6) is 0.0764. The summed E-state index contributed by atoms with van der Waals surface area (Å²) in [4.78, 5) is 15.2. The quantitative estimate of drug-likeness (QED) is 0.481. The molecule has 2 aromatic rings. The van der Waals surface area contributed by atoms with Crippen molar-refractivity contribution in [3.8, 4) is 0 Å². The van der Waals surface area contributed by atoms with E-state index >= 15 is 0 Å². The molecule has 2 rings (SSSR count). The monoisotopic (exact) mass is 332 g/mol. The zero-order chi connectivity index (χ0) is 12.7. The van der Waals surface area contributed by atoms with E-state index in [-0.39, 0.29) is 5.78 Å². The van der Waals surface area contributed by atoms with Crippen molar-refractivity contribution < 1.29 is 4.79 Å². The average Bonchev–Trinajstić information content (AvgIpc) is 2.38. The van der Waals surface area contributed by atoms with E-state index in [1.165, 1.54) is 4.44 Å². The Kier molecular flexibility index (Phi) is 5.90. The van der Waals surface area contributed by atoms with Gasteiger partial charge in [-0.2, -0.15) is 0 Å². The normalized spacial score (nSPS) is 9.29. The van der Waals surface area contributed by atoms with E-state index in [2.05, 4.69) is 11.6 Å². The van der Waals surface area contributed by atoms with Crippen LogP contribution in [0.1, 0.15) is 17.3 Å². The van der Waals surface area contributed by atoms with Gasteiger partial charge in [-0.3, -0.25) is 9.78 Å². The minimum atomic E-state index is 0.0764. The van der Waals surface area contributed by atoms with Crippen LogP contribution in [0, 0.1) is 0 Å². The maximum atomic E-state index is 11.1. The molecule has 0 atom stereocenters. The molecule has 0 spiro atoms. The number of benzene rings is 1. The first-order chi connectivity index (χ1) is 8.19. The Morgan fingerprint density at radius 2 is 2.18 bits per heavy atom. The summed E-state index contributed by atoms with van der Waals surface area (Å²) in [5.41, 5.74) is 1.58. The summed E-state index contributed by atoms with van der Waals surface area (Å²) in [6.07, 6.45) is 3.64. The topological polar surface area (TPSA) is 30.0 Å². The Labute approximate surface area is 115 Å². The van der Waals surface area contributed by atoms with E-state index in [9.17, 15) is 4.79 Å². The number of hydrogen-bond donors (Lipinski definition) is 0. The summed E-state index contributed by atoms with van der Waals surface area (Å²) in [6, 6.07) is 9.42. The number of fused-ring (bicyclic) bond motifs is 1. The molecule has 0 aliphatic carbocycles. The molecule has 3 heteroatoms. The van der Waals surface area contributed by atoms with Crippen LogP contribution in [0.4, 0.5) is 0 Å². The van der Waals surface area contributed by atoms with Crippen LogP contribution in [0.3, 0.4) is 0 Å². The molecule has 17 heavy (non-hydrogen) atoms. The molecule has 1 aromatic carbocycles. The number of pyridine rings is 1. The first kappa shape index (κ1) is 13.9. The molecule has 1 aromatic heterocycles. The fraction of sp³-hybridized carbons (Fsp3) is 0.143. The Hall–Kier alpha value is -1.16. The van der Waals surface area contributed by atoms with Crippen molar-refractivity contribution in [1.82, 2.24) is 4.98 Å². The smallest absolute Gasteiger partial charge is 0.159 e. The van der Waals surface area contributed by atoms with E-state index in [1.807, 2.05) is 36.4 Å². The number of allylic oxidation sites excluding steroid dienone is 1. The van der Waals surface area contributed by atoms with E-state index in [4.69, 9.17) is 0 Å². The zero-order valence-electron chi connectivity index (χ0n) is 9.81. The third kappa shape index (κ3) is 4.30. The van der Waals surface area contributed by atoms with Gasteiger partial charge in [0.25, 0.3) is 0 Å². The summed E-state index contributed by atoms with van der Waals surface area (Å²) in [5, 5.41) is 1.06. The Morgan fingerprint density at radius 1 is 1.47 bits per heavy atom. The first-order valence-corrected chi connectivity index (χ1v) is 7.32. The third-order valence-electron chi connectivity index (χ3n) is 2.16. The molecule has 0 aliphatic rings. The second-order valence-electron chi connectivity index (χ2n) is 3.46. The largest absolute Gasteiger partial charge is 0.295 e. The maximum absolute atomic E-state index is 11.1. The molecule has 0 saturated heterocycles. The molecular weight excluding hydrogens is 317 g/mol. The fourth-order valence-corrected chi connectivity index (χ4v) is 1.29. The van der Waals surface area contributed by atoms with Crippen LogP contribution in [0.25, 0.3) is 10.9 Å². The number of hydrogen-bond acceptors (Lipinski definition) is 2. The molecule has 1 heterocycles. The van der Waals surface area contributed by atoms with Gasteiger partial charge in [-0.15, -0.1) is 0 Å². The van der Waals surface area contributed by atoms with E-state index < -0.39 is 0 Å². The minimum Gasteiger partial charge on any atom is -0.295 e. The van der Waals surface area contributed by atoms with Crippen molar-refractivity contribution in [2.24, 2.45) is 0 Å². The van der Waals surface area contributed by atoms with Crippen LogP contribution in [-0.4, -0.2) is 33.3 Å². The standard InChI is InChI=1S/C11H9NO.C3H5.Sn/c1-8(13)10-5-4-9-3-2-6-12-11(9)7-10;1-3-2;/h2-7H,1H3;3H,1-2H2;. The molecule has 0 aliphatic heterocycles. The summed E-state index contributed by atoms with van der Waals surface area (Å²) >= 11 is 1.55. The molecule has 3 radical (unpaired) electrons. The Morgan fingerprint density at radius 3 is 2.76 bits per heavy atom. The molecule has 85 valence electrons. The Balaban J connectivity index is 0.000000317. The number of carbonyl (C=O) groups is 1. The van der Waals surface area contributed by atoms with Crippen LogP contribution >= 0.6 is 0 Å². The molecule has 2 nitrogen and oxygen atoms in total. The van der Waals surface area contributed by atoms with Gasteiger partial charge in [0.05, 0.1) is 5.52 Å². The van der Waals surface area contributed by atoms with Gasteiger partial charge >= 0.3 is 39.6 Å². The van der Waals surface area contributed by atoms with E-state index in [0.29, 0.717) is 5.56 Å². The van der Waals surface area contributed by atoms with Gasteiger partial charge < -0.3 is 0 Å². The van der Waals surface area contributed by atoms with Crippen molar-refractivity contribution >= 4 is 39.2 Å². The van der Waals surface area contributed by atoms with Gasteiger partial charge in [-0.25, -0.2) is 0 Å². The zero-order valence-corrected chi connectivity index (χ0v) is 12.7. The molecule has 0 fully saturated rings. The molecule has 0 unspecified atom stereocenters. The SMILES string of the molecule is C=C[CH2][Sn].CC(=O)c1ccc2cccnc2c1. The molecular formula is C14H14NOSn. The van der Waals surface area contributed by atoms with Crippen molar-refractivity contribution in [3.05, 3.63) is 54.7 Å². The maximum Gasteiger partial charge on any atom is 0.159 e. The predicted octanol–water partition coefficient (Wildman–Crippen LogP) is 3.20. The summed E-state index contributed by atoms with van der Waals surface area (Å²) < 4.78 is 1.17. The van der Waals surface area contributed by atoms with Gasteiger partial charge in [-0.1, -0.05) is 18.2 Å². The average molecular weight is 331 g/mol. The van der Waals surface area contributed by atoms with Crippen LogP contribution in [0.5, 0.6) is 0 Å². The van der Waals surface area contributed by atoms with Crippen molar-refractivity contribution in [3.63, 3.8) is 0 Å². The predicted molar refractivity (Wildman–Crippen MR) is 72.5 cm³/mol. The van der Waals surface area contributed by atoms with Gasteiger partial charge in [0.15, 0.2) is 5.78 Å². The van der Waals surface area contributed by atoms with Gasteiger partial charge in [0.1, 0.15) is 0 Å². The van der Waals surface area contributed by atoms with Gasteiger partial charge in [0, 0.05) is 17.1 Å². The number of aromatic nitrogens is 1. The van der Waals surface area contributed by atoms with Crippen LogP contribution in [0.15, 0.2) is 49.2 Å². The summed E-state index contributed by atoms with van der Waals surface area (Å²) in [6.45, 7) is 5.06. The van der Waals surface area contributed by atoms with Gasteiger partial charge in [0.2, 0.25) is 0 Å². The third-order valence-corrected chi connectivity index (χ3v) is 2.98. The van der Waals surface area contributed by atoms with Crippen LogP contribution < -0.4 is 0 Å². The Bertz CT molecular complexity index is 522. The second kappa shape index (κ2) is 7.22. The fourth-order valence-electron chi connectivity index (χ4n) is 1.29. The number of nitrogens with zero attached hydrogens (tertiary/aromatic N) is 1. The number of ketones is 1. The summed E-state index contributed by atoms with van der Waals surface area (Å²) in [7, 11) is 0. The number of rotatable bonds is 2. The number of Topliss-reactive ketones (excluding diaryl/α,β-unsaturated/α-hetero) is 1. The first-order valence-electron chi connectivity index (χ1n) is 5.30.